The first kappa shape index (κ1) is 18.0. The molecular formula is C16H20F2N2O4. The van der Waals surface area contributed by atoms with Crippen molar-refractivity contribution in [3.8, 4) is 11.5 Å². The zero-order chi connectivity index (χ0) is 17.5. The predicted octanol–water partition coefficient (Wildman–Crippen LogP) is 1.97. The summed E-state index contributed by atoms with van der Waals surface area (Å²) in [5, 5.41) is 5.36. The Hall–Kier alpha value is -2.38. The van der Waals surface area contributed by atoms with E-state index in [9.17, 15) is 18.4 Å². The van der Waals surface area contributed by atoms with Crippen molar-refractivity contribution in [3.63, 3.8) is 0 Å². The Kier molecular flexibility index (Phi) is 6.34. The number of hydrogen-bond acceptors (Lipinski definition) is 4. The van der Waals surface area contributed by atoms with Crippen LogP contribution in [0.1, 0.15) is 31.7 Å². The summed E-state index contributed by atoms with van der Waals surface area (Å²) in [5.74, 6) is -0.264. The number of nitrogens with one attached hydrogen (secondary N) is 2. The molecule has 1 saturated heterocycles. The molecule has 0 aliphatic carbocycles. The van der Waals surface area contributed by atoms with Crippen molar-refractivity contribution >= 4 is 11.8 Å². The Labute approximate surface area is 138 Å². The summed E-state index contributed by atoms with van der Waals surface area (Å²) in [6.45, 7) is -0.722. The monoisotopic (exact) mass is 342 g/mol. The van der Waals surface area contributed by atoms with E-state index in [4.69, 9.17) is 4.74 Å². The van der Waals surface area contributed by atoms with Crippen LogP contribution < -0.4 is 20.1 Å². The highest BCUT2D eigenvalue weighted by Crippen LogP contribution is 2.29. The summed E-state index contributed by atoms with van der Waals surface area (Å²) in [6.07, 6.45) is 1.72. The van der Waals surface area contributed by atoms with E-state index in [1.807, 2.05) is 0 Å². The molecule has 1 fully saturated rings. The number of rotatable bonds is 7. The molecule has 1 heterocycles. The second-order valence-corrected chi connectivity index (χ2v) is 5.32. The van der Waals surface area contributed by atoms with Crippen molar-refractivity contribution in [2.24, 2.45) is 0 Å². The highest BCUT2D eigenvalue weighted by atomic mass is 19.3. The molecule has 132 valence electrons. The van der Waals surface area contributed by atoms with E-state index >= 15 is 0 Å². The molecule has 1 aliphatic heterocycles. The first-order valence-electron chi connectivity index (χ1n) is 7.77. The SMILES string of the molecule is CCOc1cc(CNC(=O)[C@H]2CCCC(=O)N2)ccc1OC(F)F. The lowest BCUT2D eigenvalue weighted by Crippen LogP contribution is -2.48. The minimum atomic E-state index is -2.94. The zero-order valence-corrected chi connectivity index (χ0v) is 13.3. The van der Waals surface area contributed by atoms with E-state index in [2.05, 4.69) is 15.4 Å². The molecule has 0 spiro atoms. The number of piperidine rings is 1. The maximum atomic E-state index is 12.4. The molecule has 8 heteroatoms. The summed E-state index contributed by atoms with van der Waals surface area (Å²) in [6, 6.07) is 3.96. The first-order chi connectivity index (χ1) is 11.5. The van der Waals surface area contributed by atoms with Crippen LogP contribution in [0.2, 0.25) is 0 Å². The largest absolute Gasteiger partial charge is 0.490 e. The van der Waals surface area contributed by atoms with E-state index in [-0.39, 0.29) is 29.9 Å². The Morgan fingerprint density at radius 3 is 2.88 bits per heavy atom. The van der Waals surface area contributed by atoms with Crippen LogP contribution >= 0.6 is 0 Å². The zero-order valence-electron chi connectivity index (χ0n) is 13.3. The highest BCUT2D eigenvalue weighted by molar-refractivity contribution is 5.88. The molecule has 24 heavy (non-hydrogen) atoms. The van der Waals surface area contributed by atoms with Gasteiger partial charge in [0.25, 0.3) is 0 Å². The van der Waals surface area contributed by atoms with Crippen molar-refractivity contribution in [2.75, 3.05) is 6.61 Å². The molecule has 1 atom stereocenters. The number of ether oxygens (including phenoxy) is 2. The summed E-state index contributed by atoms with van der Waals surface area (Å²) < 4.78 is 34.4. The Bertz CT molecular complexity index is 595. The van der Waals surface area contributed by atoms with Gasteiger partial charge < -0.3 is 20.1 Å². The minimum Gasteiger partial charge on any atom is -0.490 e. The lowest BCUT2D eigenvalue weighted by molar-refractivity contribution is -0.131. The Balaban J connectivity index is 1.97. The molecule has 1 aromatic carbocycles. The molecule has 0 radical (unpaired) electrons. The first-order valence-corrected chi connectivity index (χ1v) is 7.77. The van der Waals surface area contributed by atoms with Gasteiger partial charge in [0, 0.05) is 13.0 Å². The number of alkyl halides is 2. The van der Waals surface area contributed by atoms with Crippen LogP contribution in [0.15, 0.2) is 18.2 Å². The molecular weight excluding hydrogens is 322 g/mol. The molecule has 1 aromatic rings. The van der Waals surface area contributed by atoms with Crippen LogP contribution in [0.3, 0.4) is 0 Å². The van der Waals surface area contributed by atoms with Gasteiger partial charge in [-0.25, -0.2) is 0 Å². The number of hydrogen-bond donors (Lipinski definition) is 2. The molecule has 1 aliphatic rings. The van der Waals surface area contributed by atoms with Gasteiger partial charge in [0.2, 0.25) is 11.8 Å². The number of benzene rings is 1. The van der Waals surface area contributed by atoms with Gasteiger partial charge >= 0.3 is 6.61 Å². The second-order valence-electron chi connectivity index (χ2n) is 5.32. The standard InChI is InChI=1S/C16H20F2N2O4/c1-2-23-13-8-10(6-7-12(13)24-16(17)18)9-19-15(22)11-4-3-5-14(21)20-11/h6-8,11,16H,2-5,9H2,1H3,(H,19,22)(H,20,21)/t11-/m1/s1. The third-order valence-corrected chi connectivity index (χ3v) is 3.54. The fourth-order valence-electron chi connectivity index (χ4n) is 2.44. The van der Waals surface area contributed by atoms with Crippen LogP contribution in [0, 0.1) is 0 Å². The summed E-state index contributed by atoms with van der Waals surface area (Å²) in [5.41, 5.74) is 0.676. The average Bonchev–Trinajstić information content (AvgIpc) is 2.54. The van der Waals surface area contributed by atoms with E-state index < -0.39 is 12.7 Å². The van der Waals surface area contributed by atoms with E-state index in [0.29, 0.717) is 31.4 Å². The molecule has 0 unspecified atom stereocenters. The van der Waals surface area contributed by atoms with E-state index in [0.717, 1.165) is 0 Å². The van der Waals surface area contributed by atoms with Gasteiger partial charge in [0.15, 0.2) is 11.5 Å². The third kappa shape index (κ3) is 5.07. The Morgan fingerprint density at radius 2 is 2.21 bits per heavy atom. The molecule has 0 saturated carbocycles. The number of amides is 2. The van der Waals surface area contributed by atoms with Crippen LogP contribution in [0.5, 0.6) is 11.5 Å². The van der Waals surface area contributed by atoms with Crippen molar-refractivity contribution in [2.45, 2.75) is 45.4 Å². The molecule has 2 amide bonds. The van der Waals surface area contributed by atoms with Crippen molar-refractivity contribution in [3.05, 3.63) is 23.8 Å². The van der Waals surface area contributed by atoms with E-state index in [1.54, 1.807) is 19.1 Å². The highest BCUT2D eigenvalue weighted by Gasteiger charge is 2.24. The van der Waals surface area contributed by atoms with Crippen LogP contribution in [0.4, 0.5) is 8.78 Å². The lowest BCUT2D eigenvalue weighted by Gasteiger charge is -2.22. The van der Waals surface area contributed by atoms with Gasteiger partial charge in [-0.1, -0.05) is 6.07 Å². The van der Waals surface area contributed by atoms with Gasteiger partial charge in [-0.2, -0.15) is 8.78 Å². The second kappa shape index (κ2) is 8.47. The molecule has 2 N–H and O–H groups in total. The van der Waals surface area contributed by atoms with Crippen LogP contribution in [-0.4, -0.2) is 31.1 Å². The number of halogens is 2. The van der Waals surface area contributed by atoms with Gasteiger partial charge in [0.1, 0.15) is 6.04 Å². The van der Waals surface area contributed by atoms with Gasteiger partial charge in [-0.05, 0) is 37.5 Å². The lowest BCUT2D eigenvalue weighted by atomic mass is 10.0. The number of carbonyl (C=O) groups excluding carboxylic acids is 2. The fraction of sp³-hybridized carbons (Fsp3) is 0.500. The topological polar surface area (TPSA) is 76.7 Å². The number of carbonyl (C=O) groups is 2. The maximum Gasteiger partial charge on any atom is 0.387 e. The van der Waals surface area contributed by atoms with Gasteiger partial charge in [-0.3, -0.25) is 9.59 Å². The molecule has 2 rings (SSSR count). The third-order valence-electron chi connectivity index (χ3n) is 3.54. The minimum absolute atomic E-state index is 0.0542. The van der Waals surface area contributed by atoms with Gasteiger partial charge in [0.05, 0.1) is 6.61 Å². The normalized spacial score (nSPS) is 17.3. The fourth-order valence-corrected chi connectivity index (χ4v) is 2.44. The van der Waals surface area contributed by atoms with E-state index in [1.165, 1.54) is 6.07 Å². The van der Waals surface area contributed by atoms with Crippen LogP contribution in [-0.2, 0) is 16.1 Å². The Morgan fingerprint density at radius 1 is 1.42 bits per heavy atom. The van der Waals surface area contributed by atoms with Crippen molar-refractivity contribution in [1.82, 2.24) is 10.6 Å². The quantitative estimate of drug-likeness (QED) is 0.794. The predicted molar refractivity (Wildman–Crippen MR) is 81.9 cm³/mol. The summed E-state index contributed by atoms with van der Waals surface area (Å²) >= 11 is 0. The maximum absolute atomic E-state index is 12.4. The summed E-state index contributed by atoms with van der Waals surface area (Å²) in [4.78, 5) is 23.4. The molecule has 0 bridgehead atoms. The van der Waals surface area contributed by atoms with Crippen molar-refractivity contribution < 1.29 is 27.8 Å². The van der Waals surface area contributed by atoms with Crippen molar-refractivity contribution in [1.29, 1.82) is 0 Å². The molecule has 6 nitrogen and oxygen atoms in total. The summed E-state index contributed by atoms with van der Waals surface area (Å²) in [7, 11) is 0. The van der Waals surface area contributed by atoms with Crippen LogP contribution in [0.25, 0.3) is 0 Å². The smallest absolute Gasteiger partial charge is 0.387 e. The molecule has 0 aromatic heterocycles. The average molecular weight is 342 g/mol. The van der Waals surface area contributed by atoms with Gasteiger partial charge in [-0.15, -0.1) is 0 Å².